The van der Waals surface area contributed by atoms with Crippen molar-refractivity contribution in [1.29, 1.82) is 0 Å². The first-order chi connectivity index (χ1) is 13.5. The molecule has 0 amide bonds. The predicted molar refractivity (Wildman–Crippen MR) is 102 cm³/mol. The van der Waals surface area contributed by atoms with Crippen molar-refractivity contribution in [2.45, 2.75) is 65.6 Å². The lowest BCUT2D eigenvalue weighted by atomic mass is 9.96. The Morgan fingerprint density at radius 1 is 1.17 bits per heavy atom. The minimum absolute atomic E-state index is 0.156. The minimum atomic E-state index is -1.52. The number of benzene rings is 1. The van der Waals surface area contributed by atoms with Gasteiger partial charge in [0.2, 0.25) is 11.5 Å². The van der Waals surface area contributed by atoms with Gasteiger partial charge in [-0.2, -0.15) is 4.89 Å². The number of hydrogen-bond acceptors (Lipinski definition) is 9. The van der Waals surface area contributed by atoms with Crippen LogP contribution in [-0.4, -0.2) is 28.4 Å². The maximum atomic E-state index is 12.2. The van der Waals surface area contributed by atoms with Gasteiger partial charge >= 0.3 is 11.8 Å². The molecule has 1 aromatic carbocycles. The second kappa shape index (κ2) is 10.7. The number of nitro groups is 2. The first-order valence-electron chi connectivity index (χ1n) is 9.20. The summed E-state index contributed by atoms with van der Waals surface area (Å²) in [5, 5.41) is 22.6. The van der Waals surface area contributed by atoms with Gasteiger partial charge in [0.1, 0.15) is 0 Å². The van der Waals surface area contributed by atoms with E-state index in [2.05, 4.69) is 0 Å². The molecule has 11 nitrogen and oxygen atoms in total. The third kappa shape index (κ3) is 7.27. The highest BCUT2D eigenvalue weighted by atomic mass is 17.2. The normalized spacial score (nSPS) is 12.3. The van der Waals surface area contributed by atoms with Crippen LogP contribution in [0.4, 0.5) is 16.2 Å². The summed E-state index contributed by atoms with van der Waals surface area (Å²) in [4.78, 5) is 43.2. The van der Waals surface area contributed by atoms with Crippen LogP contribution < -0.4 is 4.74 Å². The van der Waals surface area contributed by atoms with Gasteiger partial charge in [-0.25, -0.2) is 9.68 Å². The fourth-order valence-corrected chi connectivity index (χ4v) is 2.27. The summed E-state index contributed by atoms with van der Waals surface area (Å²) in [5.41, 5.74) is -1.02. The van der Waals surface area contributed by atoms with E-state index < -0.39 is 38.9 Å². The first-order valence-corrected chi connectivity index (χ1v) is 9.20. The molecule has 0 spiro atoms. The molecular formula is C18H26N2O9. The second-order valence-corrected chi connectivity index (χ2v) is 6.82. The molecule has 1 unspecified atom stereocenters. The summed E-state index contributed by atoms with van der Waals surface area (Å²) >= 11 is 0. The number of non-ortho nitro benzene ring substituents is 1. The van der Waals surface area contributed by atoms with E-state index in [1.165, 1.54) is 13.8 Å². The van der Waals surface area contributed by atoms with E-state index >= 15 is 0 Å². The first kappa shape index (κ1) is 24.2. The number of carbonyl (C=O) groups is 1. The number of hydrogen-bond donors (Lipinski definition) is 0. The summed E-state index contributed by atoms with van der Waals surface area (Å²) in [6, 6.07) is 1.89. The molecule has 0 saturated carbocycles. The summed E-state index contributed by atoms with van der Waals surface area (Å²) < 4.78 is 10.1. The smallest absolute Gasteiger partial charge is 0.399 e. The van der Waals surface area contributed by atoms with Crippen molar-refractivity contribution in [3.8, 4) is 5.75 Å². The average molecular weight is 414 g/mol. The summed E-state index contributed by atoms with van der Waals surface area (Å²) in [7, 11) is 0. The molecule has 0 heterocycles. The van der Waals surface area contributed by atoms with Crippen molar-refractivity contribution >= 4 is 17.5 Å². The Labute approximate surface area is 168 Å². The lowest BCUT2D eigenvalue weighted by Gasteiger charge is -2.23. The summed E-state index contributed by atoms with van der Waals surface area (Å²) in [6.45, 7) is 8.57. The van der Waals surface area contributed by atoms with Crippen LogP contribution in [0, 0.1) is 20.2 Å². The van der Waals surface area contributed by atoms with Crippen molar-refractivity contribution in [1.82, 2.24) is 0 Å². The van der Waals surface area contributed by atoms with Crippen molar-refractivity contribution in [2.75, 3.05) is 6.61 Å². The zero-order valence-electron chi connectivity index (χ0n) is 17.1. The molecule has 29 heavy (non-hydrogen) atoms. The molecule has 0 aliphatic rings. The zero-order valence-corrected chi connectivity index (χ0v) is 17.1. The minimum Gasteiger partial charge on any atom is -0.399 e. The number of nitrogens with zero attached hydrogens (tertiary/aromatic N) is 2. The number of ether oxygens (including phenoxy) is 2. The van der Waals surface area contributed by atoms with E-state index in [4.69, 9.17) is 19.2 Å². The van der Waals surface area contributed by atoms with Crippen molar-refractivity contribution in [3.63, 3.8) is 0 Å². The molecule has 162 valence electrons. The van der Waals surface area contributed by atoms with Gasteiger partial charge in [0.25, 0.3) is 5.69 Å². The molecule has 0 aromatic heterocycles. The number of unbranched alkanes of at least 4 members (excludes halogenated alkanes) is 1. The van der Waals surface area contributed by atoms with Gasteiger partial charge in [-0.3, -0.25) is 20.2 Å². The molecule has 0 aliphatic heterocycles. The highest BCUT2D eigenvalue weighted by molar-refractivity contribution is 5.70. The van der Waals surface area contributed by atoms with Gasteiger partial charge < -0.3 is 9.47 Å². The van der Waals surface area contributed by atoms with E-state index in [0.717, 1.165) is 25.0 Å². The second-order valence-electron chi connectivity index (χ2n) is 6.82. The van der Waals surface area contributed by atoms with Crippen molar-refractivity contribution in [3.05, 3.63) is 37.9 Å². The third-order valence-corrected chi connectivity index (χ3v) is 3.99. The van der Waals surface area contributed by atoms with Crippen LogP contribution in [0.5, 0.6) is 5.75 Å². The van der Waals surface area contributed by atoms with Crippen LogP contribution >= 0.6 is 0 Å². The average Bonchev–Trinajstić information content (AvgIpc) is 2.63. The molecule has 0 saturated heterocycles. The lowest BCUT2D eigenvalue weighted by Crippen LogP contribution is -2.33. The molecule has 1 atom stereocenters. The largest absolute Gasteiger partial charge is 0.516 e. The Hall–Kier alpha value is -2.79. The maximum Gasteiger partial charge on any atom is 0.516 e. The van der Waals surface area contributed by atoms with Crippen molar-refractivity contribution < 1.29 is 33.9 Å². The Morgan fingerprint density at radius 2 is 1.83 bits per heavy atom. The number of nitro benzene ring substituents is 2. The molecule has 1 rings (SSSR count). The van der Waals surface area contributed by atoms with Gasteiger partial charge in [-0.15, -0.1) is 0 Å². The molecular weight excluding hydrogens is 388 g/mol. The fraction of sp³-hybridized carbons (Fsp3) is 0.611. The van der Waals surface area contributed by atoms with Crippen LogP contribution in [0.2, 0.25) is 0 Å². The molecule has 11 heteroatoms. The Morgan fingerprint density at radius 3 is 2.34 bits per heavy atom. The van der Waals surface area contributed by atoms with Crippen LogP contribution in [-0.2, 0) is 14.5 Å². The van der Waals surface area contributed by atoms with E-state index in [9.17, 15) is 25.0 Å². The highest BCUT2D eigenvalue weighted by Gasteiger charge is 2.32. The van der Waals surface area contributed by atoms with Crippen LogP contribution in [0.15, 0.2) is 12.1 Å². The van der Waals surface area contributed by atoms with Crippen molar-refractivity contribution in [2.24, 2.45) is 0 Å². The van der Waals surface area contributed by atoms with E-state index in [1.54, 1.807) is 13.8 Å². The summed E-state index contributed by atoms with van der Waals surface area (Å²) in [6.07, 6.45) is 0.863. The fourth-order valence-electron chi connectivity index (χ4n) is 2.27. The molecule has 0 fully saturated rings. The SMILES string of the molecule is CCCCOOC(C)(C)OC(=O)Oc1c(C(C)CC)cc([N+](=O)[O-])cc1[N+](=O)[O-]. The topological polar surface area (TPSA) is 140 Å². The Bertz CT molecular complexity index is 749. The molecule has 0 aliphatic carbocycles. The van der Waals surface area contributed by atoms with Gasteiger partial charge in [0, 0.05) is 25.5 Å². The van der Waals surface area contributed by atoms with E-state index in [1.807, 2.05) is 6.92 Å². The van der Waals surface area contributed by atoms with Gasteiger partial charge in [-0.05, 0) is 18.8 Å². The van der Waals surface area contributed by atoms with E-state index in [0.29, 0.717) is 13.0 Å². The lowest BCUT2D eigenvalue weighted by molar-refractivity contribution is -0.406. The molecule has 0 bridgehead atoms. The molecule has 0 N–H and O–H groups in total. The Kier molecular flexibility index (Phi) is 8.92. The maximum absolute atomic E-state index is 12.2. The van der Waals surface area contributed by atoms with E-state index in [-0.39, 0.29) is 11.5 Å². The predicted octanol–water partition coefficient (Wildman–Crippen LogP) is 5.02. The monoisotopic (exact) mass is 414 g/mol. The molecule has 1 aromatic rings. The van der Waals surface area contributed by atoms with Crippen LogP contribution in [0.1, 0.15) is 65.4 Å². The van der Waals surface area contributed by atoms with Gasteiger partial charge in [-0.1, -0.05) is 27.2 Å². The number of carbonyl (C=O) groups excluding carboxylic acids is 1. The summed E-state index contributed by atoms with van der Waals surface area (Å²) in [5.74, 6) is -2.27. The molecule has 0 radical (unpaired) electrons. The van der Waals surface area contributed by atoms with Crippen LogP contribution in [0.3, 0.4) is 0 Å². The zero-order chi connectivity index (χ0) is 22.2. The van der Waals surface area contributed by atoms with Gasteiger partial charge in [0.05, 0.1) is 22.5 Å². The third-order valence-electron chi connectivity index (χ3n) is 3.99. The van der Waals surface area contributed by atoms with Crippen LogP contribution in [0.25, 0.3) is 0 Å². The quantitative estimate of drug-likeness (QED) is 0.0928. The Balaban J connectivity index is 3.13. The highest BCUT2D eigenvalue weighted by Crippen LogP contribution is 2.40. The standard InChI is InChI=1S/C18H26N2O9/c1-6-8-9-26-29-18(4,5)28-17(21)27-16-14(12(3)7-2)10-13(19(22)23)11-15(16)20(24)25/h10-12H,6-9H2,1-5H3. The van der Waals surface area contributed by atoms with Gasteiger partial charge in [0.15, 0.2) is 0 Å². The number of rotatable bonds is 11.